The number of likely N-dealkylation sites (N-methyl/N-ethyl adjacent to an activating group) is 1. The number of alkyl halides is 3. The predicted molar refractivity (Wildman–Crippen MR) is 83.9 cm³/mol. The van der Waals surface area contributed by atoms with Crippen molar-refractivity contribution in [1.82, 2.24) is 15.1 Å². The summed E-state index contributed by atoms with van der Waals surface area (Å²) >= 11 is 0. The van der Waals surface area contributed by atoms with Gasteiger partial charge in [-0.3, -0.25) is 14.5 Å². The number of para-hydroxylation sites is 1. The molecule has 0 bridgehead atoms. The summed E-state index contributed by atoms with van der Waals surface area (Å²) in [6, 6.07) is 5.10. The van der Waals surface area contributed by atoms with E-state index in [1.165, 1.54) is 30.1 Å². The van der Waals surface area contributed by atoms with Gasteiger partial charge in [-0.15, -0.1) is 13.2 Å². The maximum absolute atomic E-state index is 12.4. The second kappa shape index (κ2) is 8.07. The van der Waals surface area contributed by atoms with Crippen LogP contribution >= 0.6 is 0 Å². The van der Waals surface area contributed by atoms with E-state index in [4.69, 9.17) is 0 Å². The molecule has 10 heteroatoms. The quantitative estimate of drug-likeness (QED) is 0.740. The molecule has 1 heterocycles. The highest BCUT2D eigenvalue weighted by Crippen LogP contribution is 2.26. The Kier molecular flexibility index (Phi) is 6.06. The van der Waals surface area contributed by atoms with Crippen LogP contribution in [-0.2, 0) is 16.1 Å². The van der Waals surface area contributed by atoms with E-state index in [2.05, 4.69) is 10.1 Å². The van der Waals surface area contributed by atoms with E-state index in [1.54, 1.807) is 0 Å². The first-order valence-electron chi connectivity index (χ1n) is 7.83. The molecule has 0 radical (unpaired) electrons. The van der Waals surface area contributed by atoms with Crippen molar-refractivity contribution in [2.75, 3.05) is 20.1 Å². The molecular weight excluding hydrogens is 355 g/mol. The summed E-state index contributed by atoms with van der Waals surface area (Å²) in [5.74, 6) is -1.10. The van der Waals surface area contributed by atoms with Crippen molar-refractivity contribution in [3.8, 4) is 5.75 Å². The summed E-state index contributed by atoms with van der Waals surface area (Å²) in [4.78, 5) is 37.5. The van der Waals surface area contributed by atoms with Crippen LogP contribution in [0, 0.1) is 0 Å². The highest BCUT2D eigenvalue weighted by atomic mass is 19.4. The Morgan fingerprint density at radius 3 is 2.58 bits per heavy atom. The fraction of sp³-hybridized carbons (Fsp3) is 0.438. The molecule has 1 aliphatic rings. The zero-order valence-corrected chi connectivity index (χ0v) is 14.0. The molecule has 0 spiro atoms. The smallest absolute Gasteiger partial charge is 0.405 e. The molecular formula is C16H18F3N3O4. The third-order valence-corrected chi connectivity index (χ3v) is 3.69. The Morgan fingerprint density at radius 2 is 1.96 bits per heavy atom. The first-order valence-corrected chi connectivity index (χ1v) is 7.83. The standard InChI is InChI=1S/C16H18F3N3O4/c1-21-10-14(24)22(15(21)25)8-4-7-13(23)20-9-11-5-2-3-6-12(11)26-16(17,18)19/h2-3,5-6H,4,7-10H2,1H3,(H,20,23). The number of urea groups is 1. The second-order valence-electron chi connectivity index (χ2n) is 5.72. The number of rotatable bonds is 7. The normalized spacial score (nSPS) is 14.8. The predicted octanol–water partition coefficient (Wildman–Crippen LogP) is 1.88. The monoisotopic (exact) mass is 373 g/mol. The number of ether oxygens (including phenoxy) is 1. The minimum Gasteiger partial charge on any atom is -0.405 e. The number of nitrogens with zero attached hydrogens (tertiary/aromatic N) is 2. The van der Waals surface area contributed by atoms with Gasteiger partial charge in [0.05, 0.1) is 0 Å². The number of hydrogen-bond donors (Lipinski definition) is 1. The van der Waals surface area contributed by atoms with E-state index in [0.29, 0.717) is 0 Å². The Morgan fingerprint density at radius 1 is 1.27 bits per heavy atom. The molecule has 1 saturated heterocycles. The molecule has 0 saturated carbocycles. The maximum atomic E-state index is 12.4. The average Bonchev–Trinajstić information content (AvgIpc) is 2.78. The Balaban J connectivity index is 1.79. The molecule has 142 valence electrons. The first kappa shape index (κ1) is 19.5. The van der Waals surface area contributed by atoms with Crippen molar-refractivity contribution in [2.45, 2.75) is 25.7 Å². The molecule has 0 aliphatic carbocycles. The Hall–Kier alpha value is -2.78. The van der Waals surface area contributed by atoms with Crippen molar-refractivity contribution in [3.05, 3.63) is 29.8 Å². The molecule has 4 amide bonds. The molecule has 1 aliphatic heterocycles. The summed E-state index contributed by atoms with van der Waals surface area (Å²) in [6.07, 6.45) is -4.52. The SMILES string of the molecule is CN1CC(=O)N(CCCC(=O)NCc2ccccc2OC(F)(F)F)C1=O. The van der Waals surface area contributed by atoms with Crippen molar-refractivity contribution < 1.29 is 32.3 Å². The minimum absolute atomic E-state index is 0.0149. The summed E-state index contributed by atoms with van der Waals surface area (Å²) in [5, 5.41) is 2.50. The van der Waals surface area contributed by atoms with Crippen molar-refractivity contribution >= 4 is 17.8 Å². The molecule has 26 heavy (non-hydrogen) atoms. The van der Waals surface area contributed by atoms with Crippen LogP contribution in [0.3, 0.4) is 0 Å². The van der Waals surface area contributed by atoms with E-state index in [0.717, 1.165) is 11.0 Å². The lowest BCUT2D eigenvalue weighted by Gasteiger charge is -2.15. The van der Waals surface area contributed by atoms with Crippen molar-refractivity contribution in [3.63, 3.8) is 0 Å². The van der Waals surface area contributed by atoms with E-state index in [9.17, 15) is 27.6 Å². The molecule has 2 rings (SSSR count). The van der Waals surface area contributed by atoms with Gasteiger partial charge in [-0.05, 0) is 12.5 Å². The number of halogens is 3. The van der Waals surface area contributed by atoms with Gasteiger partial charge in [0.2, 0.25) is 11.8 Å². The zero-order chi connectivity index (χ0) is 19.3. The number of benzene rings is 1. The molecule has 1 aromatic carbocycles. The molecule has 0 unspecified atom stereocenters. The number of carbonyl (C=O) groups is 3. The van der Waals surface area contributed by atoms with Crippen LogP contribution in [0.15, 0.2) is 24.3 Å². The lowest BCUT2D eigenvalue weighted by molar-refractivity contribution is -0.274. The van der Waals surface area contributed by atoms with E-state index in [-0.39, 0.29) is 49.7 Å². The van der Waals surface area contributed by atoms with Crippen molar-refractivity contribution in [1.29, 1.82) is 0 Å². The topological polar surface area (TPSA) is 79.0 Å². The number of nitrogens with one attached hydrogen (secondary N) is 1. The number of carbonyl (C=O) groups excluding carboxylic acids is 3. The summed E-state index contributed by atoms with van der Waals surface area (Å²) in [7, 11) is 1.51. The summed E-state index contributed by atoms with van der Waals surface area (Å²) in [5.41, 5.74) is 0.185. The van der Waals surface area contributed by atoms with Crippen LogP contribution in [0.2, 0.25) is 0 Å². The molecule has 0 atom stereocenters. The van der Waals surface area contributed by atoms with Gasteiger partial charge in [0, 0.05) is 32.1 Å². The zero-order valence-electron chi connectivity index (χ0n) is 14.0. The Labute approximate surface area is 147 Å². The molecule has 0 aromatic heterocycles. The highest BCUT2D eigenvalue weighted by molar-refractivity contribution is 6.01. The summed E-state index contributed by atoms with van der Waals surface area (Å²) in [6.45, 7) is -0.000379. The second-order valence-corrected chi connectivity index (χ2v) is 5.72. The lowest BCUT2D eigenvalue weighted by Crippen LogP contribution is -2.33. The van der Waals surface area contributed by atoms with Crippen LogP contribution in [-0.4, -0.2) is 54.1 Å². The fourth-order valence-corrected chi connectivity index (χ4v) is 2.44. The van der Waals surface area contributed by atoms with Gasteiger partial charge in [0.25, 0.3) is 0 Å². The van der Waals surface area contributed by atoms with Crippen LogP contribution in [0.25, 0.3) is 0 Å². The van der Waals surface area contributed by atoms with E-state index < -0.39 is 18.3 Å². The van der Waals surface area contributed by atoms with Crippen molar-refractivity contribution in [2.24, 2.45) is 0 Å². The van der Waals surface area contributed by atoms with E-state index in [1.807, 2.05) is 0 Å². The van der Waals surface area contributed by atoms with Gasteiger partial charge < -0.3 is 15.0 Å². The first-order chi connectivity index (χ1) is 12.2. The van der Waals surface area contributed by atoms with Crippen LogP contribution in [0.4, 0.5) is 18.0 Å². The number of amides is 4. The maximum Gasteiger partial charge on any atom is 0.573 e. The lowest BCUT2D eigenvalue weighted by atomic mass is 10.2. The number of hydrogen-bond acceptors (Lipinski definition) is 4. The third kappa shape index (κ3) is 5.36. The third-order valence-electron chi connectivity index (χ3n) is 3.69. The Bertz CT molecular complexity index is 694. The molecule has 7 nitrogen and oxygen atoms in total. The fourth-order valence-electron chi connectivity index (χ4n) is 2.44. The molecule has 1 aromatic rings. The average molecular weight is 373 g/mol. The van der Waals surface area contributed by atoms with Gasteiger partial charge in [-0.2, -0.15) is 0 Å². The van der Waals surface area contributed by atoms with Crippen LogP contribution < -0.4 is 10.1 Å². The number of imide groups is 1. The largest absolute Gasteiger partial charge is 0.573 e. The van der Waals surface area contributed by atoms with Gasteiger partial charge >= 0.3 is 12.4 Å². The van der Waals surface area contributed by atoms with Gasteiger partial charge in [-0.1, -0.05) is 18.2 Å². The van der Waals surface area contributed by atoms with Gasteiger partial charge in [-0.25, -0.2) is 4.79 Å². The highest BCUT2D eigenvalue weighted by Gasteiger charge is 2.33. The van der Waals surface area contributed by atoms with Gasteiger partial charge in [0.15, 0.2) is 0 Å². The van der Waals surface area contributed by atoms with E-state index >= 15 is 0 Å². The van der Waals surface area contributed by atoms with Gasteiger partial charge in [0.1, 0.15) is 12.3 Å². The van der Waals surface area contributed by atoms with Crippen LogP contribution in [0.5, 0.6) is 5.75 Å². The molecule has 1 fully saturated rings. The minimum atomic E-state index is -4.82. The molecule has 1 N–H and O–H groups in total. The summed E-state index contributed by atoms with van der Waals surface area (Å²) < 4.78 is 41.0. The van der Waals surface area contributed by atoms with Crippen LogP contribution in [0.1, 0.15) is 18.4 Å².